The Morgan fingerprint density at radius 1 is 1.17 bits per heavy atom. The molecule has 0 radical (unpaired) electrons. The number of nitrogens with zero attached hydrogens (tertiary/aromatic N) is 6. The average Bonchev–Trinajstić information content (AvgIpc) is 2.73. The summed E-state index contributed by atoms with van der Waals surface area (Å²) in [6.45, 7) is 7.27. The summed E-state index contributed by atoms with van der Waals surface area (Å²) in [4.78, 5) is 16.8. The standard InChI is InChI=1S/C21H31N7O/c1-16-6-7-21(29)28(25-16)12-11-27-9-4-3-5-18(27)14-22-20-13-17-15-26(2)10-8-19(17)23-24-20/h6-7,13,18H,3-5,8-12,14-15H2,1-2H3,(H,22,24). The van der Waals surface area contributed by atoms with Crippen molar-refractivity contribution < 1.29 is 0 Å². The lowest BCUT2D eigenvalue weighted by atomic mass is 10.0. The summed E-state index contributed by atoms with van der Waals surface area (Å²) in [5.74, 6) is 0.862. The molecule has 0 saturated carbocycles. The van der Waals surface area contributed by atoms with Crippen molar-refractivity contribution >= 4 is 5.82 Å². The maximum Gasteiger partial charge on any atom is 0.266 e. The first kappa shape index (κ1) is 20.0. The molecular weight excluding hydrogens is 366 g/mol. The zero-order valence-corrected chi connectivity index (χ0v) is 17.5. The van der Waals surface area contributed by atoms with Crippen LogP contribution in [-0.2, 0) is 19.5 Å². The molecule has 156 valence electrons. The molecule has 29 heavy (non-hydrogen) atoms. The number of likely N-dealkylation sites (tertiary alicyclic amines) is 1. The van der Waals surface area contributed by atoms with Gasteiger partial charge in [-0.15, -0.1) is 5.10 Å². The van der Waals surface area contributed by atoms with Gasteiger partial charge in [-0.25, -0.2) is 4.68 Å². The van der Waals surface area contributed by atoms with Crippen molar-refractivity contribution in [2.75, 3.05) is 38.5 Å². The van der Waals surface area contributed by atoms with Gasteiger partial charge in [0.1, 0.15) is 5.82 Å². The van der Waals surface area contributed by atoms with Crippen LogP contribution in [-0.4, -0.2) is 69.0 Å². The van der Waals surface area contributed by atoms with Crippen LogP contribution in [0.25, 0.3) is 0 Å². The number of likely N-dealkylation sites (N-methyl/N-ethyl adjacent to an activating group) is 1. The Bertz CT molecular complexity index is 897. The van der Waals surface area contributed by atoms with Crippen LogP contribution in [0.2, 0.25) is 0 Å². The molecule has 0 amide bonds. The fraction of sp³-hybridized carbons (Fsp3) is 0.619. The van der Waals surface area contributed by atoms with Crippen LogP contribution in [0.5, 0.6) is 0 Å². The molecule has 0 aliphatic carbocycles. The van der Waals surface area contributed by atoms with Gasteiger partial charge in [-0.2, -0.15) is 10.2 Å². The first-order valence-electron chi connectivity index (χ1n) is 10.7. The third-order valence-electron chi connectivity index (χ3n) is 6.00. The van der Waals surface area contributed by atoms with Crippen LogP contribution in [0.4, 0.5) is 5.82 Å². The highest BCUT2D eigenvalue weighted by molar-refractivity contribution is 5.39. The molecule has 0 spiro atoms. The first-order valence-corrected chi connectivity index (χ1v) is 10.7. The molecule has 1 saturated heterocycles. The van der Waals surface area contributed by atoms with Gasteiger partial charge in [-0.3, -0.25) is 9.69 Å². The highest BCUT2D eigenvalue weighted by Crippen LogP contribution is 2.20. The van der Waals surface area contributed by atoms with Crippen LogP contribution >= 0.6 is 0 Å². The zero-order chi connectivity index (χ0) is 20.2. The second-order valence-corrected chi connectivity index (χ2v) is 8.29. The van der Waals surface area contributed by atoms with Gasteiger partial charge in [-0.05, 0) is 51.1 Å². The minimum Gasteiger partial charge on any atom is -0.367 e. The SMILES string of the molecule is Cc1ccc(=O)n(CCN2CCCCC2CNc2cc3c(nn2)CCN(C)C3)n1. The Labute approximate surface area is 171 Å². The second kappa shape index (κ2) is 9.00. The van der Waals surface area contributed by atoms with Gasteiger partial charge in [0.2, 0.25) is 0 Å². The van der Waals surface area contributed by atoms with E-state index < -0.39 is 0 Å². The zero-order valence-electron chi connectivity index (χ0n) is 17.5. The number of hydrogen-bond donors (Lipinski definition) is 1. The summed E-state index contributed by atoms with van der Waals surface area (Å²) in [6, 6.07) is 5.96. The molecule has 2 aliphatic rings. The van der Waals surface area contributed by atoms with E-state index in [4.69, 9.17) is 0 Å². The molecule has 0 bridgehead atoms. The number of aromatic nitrogens is 4. The van der Waals surface area contributed by atoms with Gasteiger partial charge in [0.15, 0.2) is 0 Å². The highest BCUT2D eigenvalue weighted by Gasteiger charge is 2.23. The highest BCUT2D eigenvalue weighted by atomic mass is 16.1. The van der Waals surface area contributed by atoms with Crippen LogP contribution in [0.1, 0.15) is 36.2 Å². The number of anilines is 1. The van der Waals surface area contributed by atoms with E-state index in [9.17, 15) is 4.79 Å². The number of nitrogens with one attached hydrogen (secondary N) is 1. The van der Waals surface area contributed by atoms with Crippen molar-refractivity contribution in [1.82, 2.24) is 29.8 Å². The van der Waals surface area contributed by atoms with Crippen LogP contribution in [0, 0.1) is 6.92 Å². The van der Waals surface area contributed by atoms with Gasteiger partial charge in [0, 0.05) is 44.7 Å². The smallest absolute Gasteiger partial charge is 0.266 e. The molecule has 2 aromatic rings. The van der Waals surface area contributed by atoms with Gasteiger partial charge in [-0.1, -0.05) is 6.42 Å². The average molecular weight is 398 g/mol. The number of rotatable bonds is 6. The van der Waals surface area contributed by atoms with Crippen LogP contribution in [0.3, 0.4) is 0 Å². The Balaban J connectivity index is 1.36. The minimum absolute atomic E-state index is 0.0309. The Morgan fingerprint density at radius 3 is 2.97 bits per heavy atom. The lowest BCUT2D eigenvalue weighted by Gasteiger charge is -2.36. The van der Waals surface area contributed by atoms with Crippen molar-refractivity contribution in [2.24, 2.45) is 0 Å². The van der Waals surface area contributed by atoms with E-state index in [1.807, 2.05) is 6.92 Å². The summed E-state index contributed by atoms with van der Waals surface area (Å²) in [5, 5.41) is 16.7. The largest absolute Gasteiger partial charge is 0.367 e. The molecule has 8 nitrogen and oxygen atoms in total. The maximum absolute atomic E-state index is 12.0. The molecule has 2 aliphatic heterocycles. The molecule has 8 heteroatoms. The number of fused-ring (bicyclic) bond motifs is 1. The van der Waals surface area contributed by atoms with Crippen molar-refractivity contribution in [3.63, 3.8) is 0 Å². The van der Waals surface area contributed by atoms with Crippen LogP contribution < -0.4 is 10.9 Å². The monoisotopic (exact) mass is 397 g/mol. The number of aryl methyl sites for hydroxylation is 1. The topological polar surface area (TPSA) is 79.2 Å². The van der Waals surface area contributed by atoms with Crippen molar-refractivity contribution in [3.8, 4) is 0 Å². The fourth-order valence-corrected chi connectivity index (χ4v) is 4.30. The van der Waals surface area contributed by atoms with Gasteiger partial charge >= 0.3 is 0 Å². The van der Waals surface area contributed by atoms with Gasteiger partial charge in [0.05, 0.1) is 17.9 Å². The summed E-state index contributed by atoms with van der Waals surface area (Å²) in [7, 11) is 2.14. The molecule has 4 heterocycles. The molecule has 4 rings (SSSR count). The van der Waals surface area contributed by atoms with Crippen molar-refractivity contribution in [1.29, 1.82) is 0 Å². The second-order valence-electron chi connectivity index (χ2n) is 8.29. The molecule has 2 aromatic heterocycles. The predicted molar refractivity (Wildman–Crippen MR) is 113 cm³/mol. The Morgan fingerprint density at radius 2 is 2.07 bits per heavy atom. The minimum atomic E-state index is -0.0309. The molecule has 0 aromatic carbocycles. The van der Waals surface area contributed by atoms with E-state index in [0.717, 1.165) is 62.8 Å². The lowest BCUT2D eigenvalue weighted by molar-refractivity contribution is 0.148. The summed E-state index contributed by atoms with van der Waals surface area (Å²) in [5.41, 5.74) is 3.25. The van der Waals surface area contributed by atoms with E-state index in [1.54, 1.807) is 16.8 Å². The molecule has 1 N–H and O–H groups in total. The maximum atomic E-state index is 12.0. The number of piperidine rings is 1. The van der Waals surface area contributed by atoms with E-state index in [2.05, 4.69) is 43.5 Å². The molecular formula is C21H31N7O. The molecule has 1 unspecified atom stereocenters. The number of hydrogen-bond acceptors (Lipinski definition) is 7. The van der Waals surface area contributed by atoms with E-state index in [0.29, 0.717) is 12.6 Å². The third kappa shape index (κ3) is 5.00. The van der Waals surface area contributed by atoms with Crippen LogP contribution in [0.15, 0.2) is 23.0 Å². The molecule has 1 atom stereocenters. The Kier molecular flexibility index (Phi) is 6.20. The predicted octanol–water partition coefficient (Wildman–Crippen LogP) is 1.30. The summed E-state index contributed by atoms with van der Waals surface area (Å²) < 4.78 is 1.58. The quantitative estimate of drug-likeness (QED) is 0.787. The molecule has 1 fully saturated rings. The normalized spacial score (nSPS) is 20.4. The van der Waals surface area contributed by atoms with E-state index in [-0.39, 0.29) is 5.56 Å². The van der Waals surface area contributed by atoms with Gasteiger partial charge in [0.25, 0.3) is 5.56 Å². The summed E-state index contributed by atoms with van der Waals surface area (Å²) in [6.07, 6.45) is 4.58. The fourth-order valence-electron chi connectivity index (χ4n) is 4.30. The Hall–Kier alpha value is -2.32. The van der Waals surface area contributed by atoms with Crippen molar-refractivity contribution in [2.45, 2.75) is 51.7 Å². The van der Waals surface area contributed by atoms with E-state index in [1.165, 1.54) is 18.4 Å². The van der Waals surface area contributed by atoms with Gasteiger partial charge < -0.3 is 10.2 Å². The lowest BCUT2D eigenvalue weighted by Crippen LogP contribution is -2.45. The van der Waals surface area contributed by atoms with E-state index >= 15 is 0 Å². The third-order valence-corrected chi connectivity index (χ3v) is 6.00. The first-order chi connectivity index (χ1) is 14.1. The van der Waals surface area contributed by atoms with Crippen molar-refractivity contribution in [3.05, 3.63) is 45.5 Å². The summed E-state index contributed by atoms with van der Waals surface area (Å²) >= 11 is 0.